The third kappa shape index (κ3) is 20.5. The SMILES string of the molecule is C.CCOC(=O)c1cccnc1Cl.CCOC(=O)c1cccnc1Oc1ccc(Br)cc1.O=CS(=O)(O)=C=S.Oc1ccc(Br)cc1.[B][B]. The maximum atomic E-state index is 11.8. The summed E-state index contributed by atoms with van der Waals surface area (Å²) in [6.45, 7) is 4.14. The Kier molecular flexibility index (Phi) is 26.5. The molecule has 2 N–H and O–H groups in total. The number of pyridine rings is 2. The molecule has 2 aromatic carbocycles. The first-order valence-corrected chi connectivity index (χ1v) is 17.0. The number of phenols is 1. The fourth-order valence-electron chi connectivity index (χ4n) is 2.66. The van der Waals surface area contributed by atoms with Crippen LogP contribution in [0.4, 0.5) is 0 Å². The highest BCUT2D eigenvalue weighted by Gasteiger charge is 2.15. The summed E-state index contributed by atoms with van der Waals surface area (Å²) < 4.78 is 36.7. The van der Waals surface area contributed by atoms with Crippen LogP contribution < -0.4 is 4.74 Å². The zero-order valence-electron chi connectivity index (χ0n) is 25.3. The number of nitrogens with zero attached hydrogens (tertiary/aromatic N) is 2. The lowest BCUT2D eigenvalue weighted by molar-refractivity contribution is 0.0514. The topological polar surface area (TPSA) is 162 Å². The quantitative estimate of drug-likeness (QED) is 0.0619. The van der Waals surface area contributed by atoms with Gasteiger partial charge in [-0.15, -0.1) is 0 Å². The molecule has 0 bridgehead atoms. The van der Waals surface area contributed by atoms with E-state index in [1.54, 1.807) is 80.7 Å². The van der Waals surface area contributed by atoms with E-state index in [0.717, 1.165) is 8.95 Å². The molecule has 49 heavy (non-hydrogen) atoms. The second-order valence-electron chi connectivity index (χ2n) is 7.92. The predicted molar refractivity (Wildman–Crippen MR) is 204 cm³/mol. The van der Waals surface area contributed by atoms with Gasteiger partial charge in [0.05, 0.1) is 18.8 Å². The largest absolute Gasteiger partial charge is 0.508 e. The van der Waals surface area contributed by atoms with Crippen molar-refractivity contribution in [3.05, 3.63) is 110 Å². The van der Waals surface area contributed by atoms with Crippen LogP contribution in [0.5, 0.6) is 17.4 Å². The minimum absolute atomic E-state index is 0. The number of halogens is 3. The summed E-state index contributed by atoms with van der Waals surface area (Å²) in [5.74, 6) is 0.266. The Bertz CT molecular complexity index is 1710. The molecular formula is C31H31B2Br2ClN2O9S2. The Morgan fingerprint density at radius 3 is 1.76 bits per heavy atom. The van der Waals surface area contributed by atoms with Gasteiger partial charge in [-0.25, -0.2) is 23.8 Å². The van der Waals surface area contributed by atoms with E-state index >= 15 is 0 Å². The van der Waals surface area contributed by atoms with Gasteiger partial charge in [-0.2, -0.15) is 0 Å². The van der Waals surface area contributed by atoms with Crippen LogP contribution in [0.15, 0.2) is 94.1 Å². The van der Waals surface area contributed by atoms with Crippen molar-refractivity contribution in [2.75, 3.05) is 13.2 Å². The third-order valence-electron chi connectivity index (χ3n) is 4.63. The van der Waals surface area contributed by atoms with E-state index in [1.807, 2.05) is 12.1 Å². The first-order chi connectivity index (χ1) is 22.9. The number of esters is 2. The Hall–Kier alpha value is -3.56. The van der Waals surface area contributed by atoms with Crippen molar-refractivity contribution in [3.8, 4) is 17.4 Å². The van der Waals surface area contributed by atoms with E-state index in [1.165, 1.54) is 10.5 Å². The number of ether oxygens (including phenoxy) is 3. The van der Waals surface area contributed by atoms with Crippen LogP contribution in [-0.4, -0.2) is 74.4 Å². The second-order valence-corrected chi connectivity index (χ2v) is 12.1. The molecule has 1 unspecified atom stereocenters. The zero-order valence-corrected chi connectivity index (χ0v) is 30.9. The number of phenolic OH excluding ortho intramolecular Hbond substituents is 1. The lowest BCUT2D eigenvalue weighted by Gasteiger charge is -2.09. The molecule has 2 aromatic heterocycles. The number of hydrogen-bond donors (Lipinski definition) is 2. The highest BCUT2D eigenvalue weighted by atomic mass is 79.9. The zero-order chi connectivity index (χ0) is 36.5. The molecule has 0 fully saturated rings. The fraction of sp³-hybridized carbons (Fsp3) is 0.161. The number of rotatable bonds is 7. The summed E-state index contributed by atoms with van der Waals surface area (Å²) >= 11 is 16.1. The average molecular weight is 857 g/mol. The molecule has 0 saturated heterocycles. The molecule has 18 heteroatoms. The molecule has 258 valence electrons. The molecule has 11 nitrogen and oxygen atoms in total. The number of aromatic nitrogens is 2. The van der Waals surface area contributed by atoms with Crippen molar-refractivity contribution in [2.45, 2.75) is 21.3 Å². The number of carbonyl (C=O) groups is 3. The van der Waals surface area contributed by atoms with Gasteiger partial charge in [0, 0.05) is 41.1 Å². The lowest BCUT2D eigenvalue weighted by Crippen LogP contribution is -2.07. The maximum absolute atomic E-state index is 11.8. The minimum Gasteiger partial charge on any atom is -0.508 e. The molecule has 0 aliphatic heterocycles. The van der Waals surface area contributed by atoms with Gasteiger partial charge in [-0.3, -0.25) is 4.79 Å². The molecule has 2 heterocycles. The number of carbonyl (C=O) groups excluding carboxylic acids is 3. The van der Waals surface area contributed by atoms with Gasteiger partial charge in [-0.05, 0) is 98.9 Å². The summed E-state index contributed by atoms with van der Waals surface area (Å²) in [7, 11) is 4.48. The molecular weight excluding hydrogens is 825 g/mol. The molecule has 0 aliphatic carbocycles. The maximum Gasteiger partial charge on any atom is 0.343 e. The molecule has 4 radical (unpaired) electrons. The van der Waals surface area contributed by atoms with Crippen molar-refractivity contribution in [1.82, 2.24) is 9.97 Å². The number of aromatic hydroxyl groups is 1. The van der Waals surface area contributed by atoms with E-state index in [4.69, 9.17) is 35.5 Å². The Labute approximate surface area is 315 Å². The standard InChI is InChI=1S/C14H12BrNO3.C8H8ClNO2.C6H5BrO.C2H2O3S2.CH4.B2/c1-2-18-14(17)12-4-3-9-16-13(12)19-11-7-5-10(15)6-8-11;1-2-12-8(11)6-4-3-5-10-7(6)9;7-5-1-3-6(8)4-2-5;3-1-7(4,5)2-6;;1-2/h3-9H,2H2,1H3;3-5H,2H2,1H3;1-4,8H;1H,(H,4,5);1H4;. The van der Waals surface area contributed by atoms with Crippen LogP contribution in [0, 0.1) is 0 Å². The predicted octanol–water partition coefficient (Wildman–Crippen LogP) is 7.52. The van der Waals surface area contributed by atoms with Gasteiger partial charge in [0.1, 0.15) is 22.2 Å². The fourth-order valence-corrected chi connectivity index (χ4v) is 3.54. The van der Waals surface area contributed by atoms with Crippen molar-refractivity contribution >= 4 is 103 Å². The van der Waals surface area contributed by atoms with Gasteiger partial charge >= 0.3 is 11.9 Å². The molecule has 0 saturated carbocycles. The van der Waals surface area contributed by atoms with E-state index in [-0.39, 0.29) is 24.1 Å². The normalized spacial score (nSPS) is 10.2. The lowest BCUT2D eigenvalue weighted by atomic mass is 9.81. The Balaban J connectivity index is 0. The summed E-state index contributed by atoms with van der Waals surface area (Å²) in [5, 5.41) is 8.91. The molecule has 0 amide bonds. The number of hydrogen-bond acceptors (Lipinski definition) is 11. The van der Waals surface area contributed by atoms with E-state index in [0.29, 0.717) is 35.8 Å². The first kappa shape index (κ1) is 47.6. The summed E-state index contributed by atoms with van der Waals surface area (Å²) in [5.41, 5.74) is 0.480. The van der Waals surface area contributed by atoms with Gasteiger partial charge in [0.2, 0.25) is 11.5 Å². The molecule has 0 aliphatic rings. The minimum atomic E-state index is -3.52. The van der Waals surface area contributed by atoms with E-state index in [2.05, 4.69) is 69.5 Å². The number of benzene rings is 2. The van der Waals surface area contributed by atoms with Crippen LogP contribution in [0.3, 0.4) is 0 Å². The molecule has 4 aromatic rings. The first-order valence-electron chi connectivity index (χ1n) is 13.1. The van der Waals surface area contributed by atoms with Crippen molar-refractivity contribution in [3.63, 3.8) is 0 Å². The van der Waals surface area contributed by atoms with Crippen LogP contribution in [-0.2, 0) is 24.1 Å². The van der Waals surface area contributed by atoms with E-state index < -0.39 is 21.7 Å². The monoisotopic (exact) mass is 854 g/mol. The summed E-state index contributed by atoms with van der Waals surface area (Å²) in [4.78, 5) is 40.1. The van der Waals surface area contributed by atoms with Gasteiger partial charge in [-0.1, -0.05) is 50.9 Å². The average Bonchev–Trinajstić information content (AvgIpc) is 3.09. The third-order valence-corrected chi connectivity index (χ3v) is 7.20. The highest BCUT2D eigenvalue weighted by molar-refractivity contribution is 9.10. The van der Waals surface area contributed by atoms with Crippen LogP contribution >= 0.6 is 55.7 Å². The van der Waals surface area contributed by atoms with Crippen LogP contribution in [0.25, 0.3) is 0 Å². The van der Waals surface area contributed by atoms with Gasteiger partial charge < -0.3 is 23.9 Å². The molecule has 4 rings (SSSR count). The van der Waals surface area contributed by atoms with E-state index in [9.17, 15) is 18.6 Å². The molecule has 0 spiro atoms. The van der Waals surface area contributed by atoms with Gasteiger partial charge in [0.25, 0.3) is 0 Å². The van der Waals surface area contributed by atoms with Crippen molar-refractivity contribution < 1.29 is 42.5 Å². The second kappa shape index (κ2) is 27.3. The van der Waals surface area contributed by atoms with Crippen LogP contribution in [0.1, 0.15) is 42.0 Å². The smallest absolute Gasteiger partial charge is 0.343 e. The van der Waals surface area contributed by atoms with Crippen LogP contribution in [0.2, 0.25) is 5.15 Å². The van der Waals surface area contributed by atoms with Gasteiger partial charge in [0.15, 0.2) is 9.80 Å². The Morgan fingerprint density at radius 2 is 1.35 bits per heavy atom. The molecule has 1 atom stereocenters. The Morgan fingerprint density at radius 1 is 0.898 bits per heavy atom. The highest BCUT2D eigenvalue weighted by Crippen LogP contribution is 2.25. The van der Waals surface area contributed by atoms with Crippen molar-refractivity contribution in [2.24, 2.45) is 0 Å². The summed E-state index contributed by atoms with van der Waals surface area (Å²) in [6.07, 6.45) is 3.09. The summed E-state index contributed by atoms with van der Waals surface area (Å²) in [6, 6.07) is 20.6. The number of thiocarbonyl (C=S) groups is 1. The van der Waals surface area contributed by atoms with Crippen molar-refractivity contribution in [1.29, 1.82) is 0 Å².